The molecule has 1 aromatic carbocycles. The van der Waals surface area contributed by atoms with Crippen LogP contribution in [-0.4, -0.2) is 20.2 Å². The van der Waals surface area contributed by atoms with Crippen LogP contribution in [0, 0.1) is 0 Å². The van der Waals surface area contributed by atoms with Crippen LogP contribution in [0.4, 0.5) is 11.4 Å². The number of hydrogen-bond acceptors (Lipinski definition) is 6. The summed E-state index contributed by atoms with van der Waals surface area (Å²) in [7, 11) is 0. The molecule has 4 aromatic rings. The third-order valence-corrected chi connectivity index (χ3v) is 3.37. The Kier molecular flexibility index (Phi) is 3.09. The average Bonchev–Trinajstić information content (AvgIpc) is 2.95. The predicted octanol–water partition coefficient (Wildman–Crippen LogP) is 2.72. The van der Waals surface area contributed by atoms with Crippen molar-refractivity contribution in [3.05, 3.63) is 65.7 Å². The van der Waals surface area contributed by atoms with Crippen LogP contribution in [0.1, 0.15) is 0 Å². The number of nitrogens with zero attached hydrogens (tertiary/aromatic N) is 3. The van der Waals surface area contributed by atoms with Crippen molar-refractivity contribution in [1.29, 1.82) is 0 Å². The van der Waals surface area contributed by atoms with E-state index in [9.17, 15) is 4.79 Å². The molecule has 4 rings (SSSR count). The second kappa shape index (κ2) is 5.38. The molecule has 0 atom stereocenters. The van der Waals surface area contributed by atoms with Crippen LogP contribution in [0.3, 0.4) is 0 Å². The molecule has 112 valence electrons. The number of aromatic nitrogens is 4. The highest BCUT2D eigenvalue weighted by molar-refractivity contribution is 5.80. The van der Waals surface area contributed by atoms with Gasteiger partial charge in [0.25, 0.3) is 0 Å². The summed E-state index contributed by atoms with van der Waals surface area (Å²) in [6, 6.07) is 9.30. The molecule has 0 amide bonds. The summed E-state index contributed by atoms with van der Waals surface area (Å²) in [6.07, 6.45) is 6.72. The highest BCUT2D eigenvalue weighted by Gasteiger charge is 2.05. The largest absolute Gasteiger partial charge is 0.417 e. The highest BCUT2D eigenvalue weighted by Crippen LogP contribution is 2.25. The van der Waals surface area contributed by atoms with Crippen LogP contribution in [0.15, 0.2) is 64.3 Å². The van der Waals surface area contributed by atoms with Crippen molar-refractivity contribution in [1.82, 2.24) is 20.2 Å². The summed E-state index contributed by atoms with van der Waals surface area (Å²) in [5, 5.41) is 10.8. The van der Waals surface area contributed by atoms with Gasteiger partial charge in [-0.15, -0.1) is 0 Å². The molecule has 7 nitrogen and oxygen atoms in total. The lowest BCUT2D eigenvalue weighted by molar-refractivity contribution is 0.555. The van der Waals surface area contributed by atoms with E-state index in [2.05, 4.69) is 25.5 Å². The quantitative estimate of drug-likeness (QED) is 0.604. The molecule has 0 aliphatic heterocycles. The summed E-state index contributed by atoms with van der Waals surface area (Å²) in [5.74, 6) is -0.462. The maximum atomic E-state index is 11.2. The van der Waals surface area contributed by atoms with Gasteiger partial charge in [-0.05, 0) is 29.8 Å². The van der Waals surface area contributed by atoms with Crippen LogP contribution < -0.4 is 11.1 Å². The number of anilines is 2. The smallest absolute Gasteiger partial charge is 0.408 e. The molecule has 2 N–H and O–H groups in total. The molecule has 3 aromatic heterocycles. The van der Waals surface area contributed by atoms with Gasteiger partial charge in [0, 0.05) is 11.8 Å². The summed E-state index contributed by atoms with van der Waals surface area (Å²) < 4.78 is 5.09. The van der Waals surface area contributed by atoms with Gasteiger partial charge in [0.2, 0.25) is 0 Å². The normalized spacial score (nSPS) is 10.8. The van der Waals surface area contributed by atoms with E-state index in [0.717, 1.165) is 22.5 Å². The van der Waals surface area contributed by atoms with E-state index in [0.29, 0.717) is 11.1 Å². The van der Waals surface area contributed by atoms with Gasteiger partial charge in [-0.2, -0.15) is 10.2 Å². The monoisotopic (exact) mass is 305 g/mol. The third-order valence-electron chi connectivity index (χ3n) is 3.37. The first kappa shape index (κ1) is 13.2. The van der Waals surface area contributed by atoms with Gasteiger partial charge in [0.1, 0.15) is 0 Å². The molecule has 23 heavy (non-hydrogen) atoms. The minimum Gasteiger partial charge on any atom is -0.408 e. The Labute approximate surface area is 130 Å². The molecule has 0 saturated carbocycles. The molecule has 0 spiro atoms. The Morgan fingerprint density at radius 2 is 1.91 bits per heavy atom. The molecule has 0 aliphatic rings. The summed E-state index contributed by atoms with van der Waals surface area (Å²) in [6.45, 7) is 0. The number of aromatic amines is 1. The van der Waals surface area contributed by atoms with Crippen LogP contribution >= 0.6 is 0 Å². The Bertz CT molecular complexity index is 1020. The minimum absolute atomic E-state index is 0.462. The van der Waals surface area contributed by atoms with Gasteiger partial charge >= 0.3 is 5.76 Å². The van der Waals surface area contributed by atoms with Crippen molar-refractivity contribution in [2.24, 2.45) is 0 Å². The molecule has 0 radical (unpaired) electrons. The zero-order chi connectivity index (χ0) is 15.6. The fourth-order valence-corrected chi connectivity index (χ4v) is 2.32. The number of benzene rings is 1. The highest BCUT2D eigenvalue weighted by atomic mass is 16.4. The Morgan fingerprint density at radius 1 is 0.957 bits per heavy atom. The minimum atomic E-state index is -0.462. The number of nitrogens with one attached hydrogen (secondary N) is 2. The number of hydrogen-bond donors (Lipinski definition) is 2. The fourth-order valence-electron chi connectivity index (χ4n) is 2.32. The van der Waals surface area contributed by atoms with Crippen LogP contribution in [-0.2, 0) is 0 Å². The van der Waals surface area contributed by atoms with E-state index in [1.54, 1.807) is 24.8 Å². The van der Waals surface area contributed by atoms with Crippen molar-refractivity contribution in [2.75, 3.05) is 5.32 Å². The zero-order valence-electron chi connectivity index (χ0n) is 11.9. The molecular formula is C16H11N5O2. The maximum Gasteiger partial charge on any atom is 0.417 e. The SMILES string of the molecule is O=c1[nH]c2ccc(-c3cncc(Nc4ccnnc4)c3)cc2o1. The third kappa shape index (κ3) is 2.67. The zero-order valence-corrected chi connectivity index (χ0v) is 11.9. The van der Waals surface area contributed by atoms with E-state index < -0.39 is 5.76 Å². The van der Waals surface area contributed by atoms with Crippen molar-refractivity contribution < 1.29 is 4.42 Å². The van der Waals surface area contributed by atoms with E-state index in [1.807, 2.05) is 30.3 Å². The number of H-pyrrole nitrogens is 1. The van der Waals surface area contributed by atoms with Crippen LogP contribution in [0.5, 0.6) is 0 Å². The van der Waals surface area contributed by atoms with Crippen molar-refractivity contribution in [3.63, 3.8) is 0 Å². The molecule has 0 aliphatic carbocycles. The summed E-state index contributed by atoms with van der Waals surface area (Å²) >= 11 is 0. The molecule has 3 heterocycles. The second-order valence-electron chi connectivity index (χ2n) is 4.94. The molecule has 0 bridgehead atoms. The average molecular weight is 305 g/mol. The molecule has 0 unspecified atom stereocenters. The van der Waals surface area contributed by atoms with Crippen molar-refractivity contribution >= 4 is 22.5 Å². The van der Waals surface area contributed by atoms with Gasteiger partial charge in [-0.3, -0.25) is 9.97 Å². The topological polar surface area (TPSA) is 96.7 Å². The fraction of sp³-hybridized carbons (Fsp3) is 0. The lowest BCUT2D eigenvalue weighted by Gasteiger charge is -2.07. The first-order chi connectivity index (χ1) is 11.3. The number of oxazole rings is 1. The van der Waals surface area contributed by atoms with Gasteiger partial charge in [-0.25, -0.2) is 4.79 Å². The van der Waals surface area contributed by atoms with E-state index in [-0.39, 0.29) is 0 Å². The molecule has 0 fully saturated rings. The first-order valence-electron chi connectivity index (χ1n) is 6.90. The van der Waals surface area contributed by atoms with Gasteiger partial charge in [-0.1, -0.05) is 6.07 Å². The Hall–Kier alpha value is -3.48. The predicted molar refractivity (Wildman–Crippen MR) is 85.4 cm³/mol. The van der Waals surface area contributed by atoms with Gasteiger partial charge in [0.15, 0.2) is 5.58 Å². The van der Waals surface area contributed by atoms with Crippen LogP contribution in [0.2, 0.25) is 0 Å². The Morgan fingerprint density at radius 3 is 2.78 bits per heavy atom. The van der Waals surface area contributed by atoms with Crippen LogP contribution in [0.25, 0.3) is 22.2 Å². The standard InChI is InChI=1S/C16H11N5O2/c22-16-21-14-2-1-10(6-15(14)23-16)11-5-13(8-17-7-11)20-12-3-4-18-19-9-12/h1-9H,(H,18,20)(H,21,22). The lowest BCUT2D eigenvalue weighted by Crippen LogP contribution is -1.93. The second-order valence-corrected chi connectivity index (χ2v) is 4.94. The van der Waals surface area contributed by atoms with Crippen molar-refractivity contribution in [3.8, 4) is 11.1 Å². The number of pyridine rings is 1. The molecule has 7 heteroatoms. The van der Waals surface area contributed by atoms with Gasteiger partial charge < -0.3 is 9.73 Å². The Balaban J connectivity index is 1.70. The maximum absolute atomic E-state index is 11.2. The number of rotatable bonds is 3. The van der Waals surface area contributed by atoms with E-state index >= 15 is 0 Å². The number of fused-ring (bicyclic) bond motifs is 1. The summed E-state index contributed by atoms with van der Waals surface area (Å²) in [5.41, 5.74) is 4.65. The molecule has 0 saturated heterocycles. The molecular weight excluding hydrogens is 294 g/mol. The van der Waals surface area contributed by atoms with Crippen molar-refractivity contribution in [2.45, 2.75) is 0 Å². The van der Waals surface area contributed by atoms with E-state index in [1.165, 1.54) is 0 Å². The van der Waals surface area contributed by atoms with E-state index in [4.69, 9.17) is 4.42 Å². The van der Waals surface area contributed by atoms with Gasteiger partial charge in [0.05, 0.1) is 35.5 Å². The lowest BCUT2D eigenvalue weighted by atomic mass is 10.1. The summed E-state index contributed by atoms with van der Waals surface area (Å²) in [4.78, 5) is 18.1. The first-order valence-corrected chi connectivity index (χ1v) is 6.90.